The van der Waals surface area contributed by atoms with Gasteiger partial charge in [0.1, 0.15) is 0 Å². The van der Waals surface area contributed by atoms with Crippen molar-refractivity contribution in [2.45, 2.75) is 70.9 Å². The molecule has 1 aliphatic heterocycles. The molecule has 0 bridgehead atoms. The van der Waals surface area contributed by atoms with Crippen LogP contribution in [0.3, 0.4) is 0 Å². The molecular weight excluding hydrogens is 212 g/mol. The Morgan fingerprint density at radius 3 is 2.76 bits per heavy atom. The second kappa shape index (κ2) is 5.85. The first-order valence-electron chi connectivity index (χ1n) is 7.28. The quantitative estimate of drug-likeness (QED) is 0.798. The van der Waals surface area contributed by atoms with E-state index >= 15 is 0 Å². The van der Waals surface area contributed by atoms with Gasteiger partial charge in [-0.15, -0.1) is 0 Å². The van der Waals surface area contributed by atoms with Crippen LogP contribution in [0.2, 0.25) is 0 Å². The Morgan fingerprint density at radius 2 is 2.12 bits per heavy atom. The number of carbonyl (C=O) groups is 1. The average Bonchev–Trinajstić information content (AvgIpc) is 2.95. The summed E-state index contributed by atoms with van der Waals surface area (Å²) in [6.07, 6.45) is 8.64. The van der Waals surface area contributed by atoms with Crippen LogP contribution in [0.15, 0.2) is 0 Å². The molecule has 1 saturated carbocycles. The molecule has 98 valence electrons. The van der Waals surface area contributed by atoms with Gasteiger partial charge in [0.25, 0.3) is 0 Å². The summed E-state index contributed by atoms with van der Waals surface area (Å²) >= 11 is 0. The fourth-order valence-electron chi connectivity index (χ4n) is 3.25. The molecule has 2 aliphatic rings. The Balaban J connectivity index is 1.87. The largest absolute Gasteiger partial charge is 0.326 e. The van der Waals surface area contributed by atoms with Crippen LogP contribution in [0.1, 0.15) is 58.8 Å². The van der Waals surface area contributed by atoms with Crippen molar-refractivity contribution in [1.82, 2.24) is 10.2 Å². The van der Waals surface area contributed by atoms with Crippen LogP contribution in [0.25, 0.3) is 0 Å². The van der Waals surface area contributed by atoms with Gasteiger partial charge in [0.15, 0.2) is 0 Å². The fourth-order valence-corrected chi connectivity index (χ4v) is 3.25. The standard InChI is InChI=1S/C14H26N2O/c1-3-4-9-13-14(17)16(10-15-13)11(2)12-7-5-6-8-12/h11-13,15H,3-10H2,1-2H3. The van der Waals surface area contributed by atoms with Gasteiger partial charge in [-0.2, -0.15) is 0 Å². The van der Waals surface area contributed by atoms with Crippen LogP contribution < -0.4 is 5.32 Å². The second-order valence-corrected chi connectivity index (χ2v) is 5.65. The number of rotatable bonds is 5. The van der Waals surface area contributed by atoms with Crippen LogP contribution in [0.4, 0.5) is 0 Å². The Morgan fingerprint density at radius 1 is 1.41 bits per heavy atom. The summed E-state index contributed by atoms with van der Waals surface area (Å²) in [6.45, 7) is 5.18. The molecule has 2 unspecified atom stereocenters. The first-order chi connectivity index (χ1) is 8.24. The molecule has 0 radical (unpaired) electrons. The molecule has 2 atom stereocenters. The van der Waals surface area contributed by atoms with Crippen molar-refractivity contribution in [2.24, 2.45) is 5.92 Å². The summed E-state index contributed by atoms with van der Waals surface area (Å²) in [4.78, 5) is 14.4. The maximum absolute atomic E-state index is 12.3. The highest BCUT2D eigenvalue weighted by Gasteiger charge is 2.36. The normalized spacial score (nSPS) is 28.0. The molecule has 1 N–H and O–H groups in total. The van der Waals surface area contributed by atoms with Crippen LogP contribution in [-0.2, 0) is 4.79 Å². The van der Waals surface area contributed by atoms with Gasteiger partial charge in [-0.05, 0) is 32.1 Å². The molecule has 1 saturated heterocycles. The van der Waals surface area contributed by atoms with Crippen molar-refractivity contribution in [3.63, 3.8) is 0 Å². The Labute approximate surface area is 105 Å². The molecule has 1 aliphatic carbocycles. The lowest BCUT2D eigenvalue weighted by atomic mass is 9.98. The third-order valence-electron chi connectivity index (χ3n) is 4.51. The molecule has 0 aromatic carbocycles. The number of unbranched alkanes of at least 4 members (excludes halogenated alkanes) is 1. The lowest BCUT2D eigenvalue weighted by Gasteiger charge is -2.29. The molecule has 1 heterocycles. The number of nitrogens with zero attached hydrogens (tertiary/aromatic N) is 1. The van der Waals surface area contributed by atoms with E-state index in [4.69, 9.17) is 0 Å². The Bertz CT molecular complexity index is 261. The van der Waals surface area contributed by atoms with Gasteiger partial charge in [0.2, 0.25) is 5.91 Å². The Hall–Kier alpha value is -0.570. The SMILES string of the molecule is CCCCC1NCN(C(C)C2CCCC2)C1=O. The summed E-state index contributed by atoms with van der Waals surface area (Å²) in [6, 6.07) is 0.530. The van der Waals surface area contributed by atoms with E-state index in [1.807, 2.05) is 0 Å². The first-order valence-corrected chi connectivity index (χ1v) is 7.28. The van der Waals surface area contributed by atoms with Crippen molar-refractivity contribution in [2.75, 3.05) is 6.67 Å². The average molecular weight is 238 g/mol. The second-order valence-electron chi connectivity index (χ2n) is 5.65. The van der Waals surface area contributed by atoms with E-state index < -0.39 is 0 Å². The molecule has 2 rings (SSSR count). The fraction of sp³-hybridized carbons (Fsp3) is 0.929. The molecule has 2 fully saturated rings. The molecule has 17 heavy (non-hydrogen) atoms. The zero-order valence-electron chi connectivity index (χ0n) is 11.2. The molecule has 0 aromatic heterocycles. The summed E-state index contributed by atoms with van der Waals surface area (Å²) < 4.78 is 0. The van der Waals surface area contributed by atoms with Crippen molar-refractivity contribution >= 4 is 5.91 Å². The number of hydrogen-bond acceptors (Lipinski definition) is 2. The van der Waals surface area contributed by atoms with Crippen LogP contribution in [0.5, 0.6) is 0 Å². The van der Waals surface area contributed by atoms with Gasteiger partial charge < -0.3 is 4.90 Å². The molecule has 0 aromatic rings. The van der Waals surface area contributed by atoms with Crippen LogP contribution in [0, 0.1) is 5.92 Å². The number of amides is 1. The molecule has 3 nitrogen and oxygen atoms in total. The molecule has 3 heteroatoms. The Kier molecular flexibility index (Phi) is 4.43. The van der Waals surface area contributed by atoms with E-state index in [1.54, 1.807) is 0 Å². The number of carbonyl (C=O) groups excluding carboxylic acids is 1. The predicted octanol–water partition coefficient (Wildman–Crippen LogP) is 2.51. The predicted molar refractivity (Wildman–Crippen MR) is 69.6 cm³/mol. The first kappa shape index (κ1) is 12.9. The monoisotopic (exact) mass is 238 g/mol. The minimum absolute atomic E-state index is 0.0961. The maximum atomic E-state index is 12.3. The van der Waals surface area contributed by atoms with E-state index in [0.717, 1.165) is 25.4 Å². The van der Waals surface area contributed by atoms with Gasteiger partial charge in [0.05, 0.1) is 12.7 Å². The zero-order chi connectivity index (χ0) is 12.3. The van der Waals surface area contributed by atoms with E-state index in [0.29, 0.717) is 11.9 Å². The highest BCUT2D eigenvalue weighted by atomic mass is 16.2. The number of nitrogens with one attached hydrogen (secondary N) is 1. The number of hydrogen-bond donors (Lipinski definition) is 1. The van der Waals surface area contributed by atoms with Gasteiger partial charge >= 0.3 is 0 Å². The van der Waals surface area contributed by atoms with Crippen molar-refractivity contribution in [1.29, 1.82) is 0 Å². The minimum atomic E-state index is 0.0961. The van der Waals surface area contributed by atoms with Crippen LogP contribution in [-0.4, -0.2) is 29.6 Å². The summed E-state index contributed by atoms with van der Waals surface area (Å²) in [7, 11) is 0. The van der Waals surface area contributed by atoms with Gasteiger partial charge in [-0.1, -0.05) is 32.6 Å². The smallest absolute Gasteiger partial charge is 0.241 e. The van der Waals surface area contributed by atoms with Gasteiger partial charge in [0, 0.05) is 6.04 Å². The topological polar surface area (TPSA) is 32.3 Å². The minimum Gasteiger partial charge on any atom is -0.326 e. The summed E-state index contributed by atoms with van der Waals surface area (Å²) in [5.74, 6) is 1.09. The molecular formula is C14H26N2O. The van der Waals surface area contributed by atoms with E-state index in [2.05, 4.69) is 24.1 Å². The lowest BCUT2D eigenvalue weighted by molar-refractivity contribution is -0.131. The van der Waals surface area contributed by atoms with E-state index in [9.17, 15) is 4.79 Å². The lowest BCUT2D eigenvalue weighted by Crippen LogP contribution is -2.40. The van der Waals surface area contributed by atoms with Crippen molar-refractivity contribution in [3.8, 4) is 0 Å². The van der Waals surface area contributed by atoms with Crippen molar-refractivity contribution < 1.29 is 4.79 Å². The summed E-state index contributed by atoms with van der Waals surface area (Å²) in [5, 5.41) is 3.37. The van der Waals surface area contributed by atoms with E-state index in [1.165, 1.54) is 32.1 Å². The molecule has 0 spiro atoms. The van der Waals surface area contributed by atoms with Gasteiger partial charge in [-0.3, -0.25) is 10.1 Å². The zero-order valence-corrected chi connectivity index (χ0v) is 11.2. The van der Waals surface area contributed by atoms with Crippen molar-refractivity contribution in [3.05, 3.63) is 0 Å². The highest BCUT2D eigenvalue weighted by molar-refractivity contribution is 5.84. The van der Waals surface area contributed by atoms with E-state index in [-0.39, 0.29) is 6.04 Å². The third-order valence-corrected chi connectivity index (χ3v) is 4.51. The van der Waals surface area contributed by atoms with Crippen LogP contribution >= 0.6 is 0 Å². The molecule has 1 amide bonds. The summed E-state index contributed by atoms with van der Waals surface area (Å²) in [5.41, 5.74) is 0. The van der Waals surface area contributed by atoms with Gasteiger partial charge in [-0.25, -0.2) is 0 Å². The third kappa shape index (κ3) is 2.82. The highest BCUT2D eigenvalue weighted by Crippen LogP contribution is 2.31. The maximum Gasteiger partial charge on any atom is 0.241 e.